The highest BCUT2D eigenvalue weighted by Crippen LogP contribution is 2.35. The first-order chi connectivity index (χ1) is 15.1. The Balaban J connectivity index is 1.17. The molecule has 0 spiro atoms. The molecule has 0 radical (unpaired) electrons. The Labute approximate surface area is 187 Å². The van der Waals surface area contributed by atoms with E-state index in [2.05, 4.69) is 47.3 Å². The second-order valence-corrected chi connectivity index (χ2v) is 9.81. The summed E-state index contributed by atoms with van der Waals surface area (Å²) in [4.78, 5) is 5.61. The Morgan fingerprint density at radius 3 is 3.00 bits per heavy atom. The smallest absolute Gasteiger partial charge is 0.128 e. The van der Waals surface area contributed by atoms with Gasteiger partial charge in [-0.05, 0) is 91.4 Å². The van der Waals surface area contributed by atoms with Crippen LogP contribution in [-0.4, -0.2) is 46.8 Å². The Kier molecular flexibility index (Phi) is 5.74. The molecule has 0 bridgehead atoms. The number of thiophene rings is 1. The number of aliphatic hydroxyl groups excluding tert-OH is 1. The molecule has 5 rings (SSSR count). The van der Waals surface area contributed by atoms with Crippen LogP contribution in [0.2, 0.25) is 0 Å². The van der Waals surface area contributed by atoms with E-state index in [4.69, 9.17) is 4.74 Å². The van der Waals surface area contributed by atoms with Crippen LogP contribution < -0.4 is 4.74 Å². The average molecular weight is 435 g/mol. The number of β-amino-alcohol motifs (C(OH)–C–C–N with tert-alkyl or cyclic N) is 1. The predicted molar refractivity (Wildman–Crippen MR) is 129 cm³/mol. The van der Waals surface area contributed by atoms with Gasteiger partial charge in [-0.15, -0.1) is 11.3 Å². The van der Waals surface area contributed by atoms with Gasteiger partial charge in [-0.25, -0.2) is 0 Å². The van der Waals surface area contributed by atoms with Crippen molar-refractivity contribution in [1.82, 2.24) is 9.88 Å². The van der Waals surface area contributed by atoms with E-state index >= 15 is 0 Å². The van der Waals surface area contributed by atoms with Crippen LogP contribution in [0.1, 0.15) is 36.8 Å². The normalized spacial score (nSPS) is 21.0. The van der Waals surface area contributed by atoms with E-state index in [0.29, 0.717) is 25.1 Å². The number of hydrogen-bond acceptors (Lipinski definition) is 4. The maximum atomic E-state index is 10.6. The number of likely N-dealkylation sites (tertiary alicyclic amines) is 1. The van der Waals surface area contributed by atoms with E-state index in [-0.39, 0.29) is 0 Å². The molecular weight excluding hydrogens is 404 g/mol. The minimum atomic E-state index is -0.502. The number of nitrogens with zero attached hydrogens (tertiary/aromatic N) is 1. The highest BCUT2D eigenvalue weighted by molar-refractivity contribution is 7.17. The SMILES string of the molecule is Cc1csc2ccc([C@@H]3CCN(C[C@H](O)COc4cccc5[nH]ccc45)[C@@H](C)C3)cc12. The van der Waals surface area contributed by atoms with Crippen molar-refractivity contribution in [2.75, 3.05) is 19.7 Å². The second kappa shape index (κ2) is 8.65. The zero-order valence-electron chi connectivity index (χ0n) is 18.2. The molecule has 2 aromatic heterocycles. The number of rotatable bonds is 6. The van der Waals surface area contributed by atoms with E-state index in [1.165, 1.54) is 21.2 Å². The van der Waals surface area contributed by atoms with Crippen molar-refractivity contribution in [1.29, 1.82) is 0 Å². The molecule has 0 amide bonds. The summed E-state index contributed by atoms with van der Waals surface area (Å²) >= 11 is 1.83. The number of benzene rings is 2. The van der Waals surface area contributed by atoms with Crippen LogP contribution in [0.15, 0.2) is 54.0 Å². The molecule has 1 saturated heterocycles. The molecule has 1 aliphatic heterocycles. The third kappa shape index (κ3) is 4.22. The Hall–Kier alpha value is -2.34. The molecule has 0 saturated carbocycles. The lowest BCUT2D eigenvalue weighted by Crippen LogP contribution is -2.45. The predicted octanol–water partition coefficient (Wildman–Crippen LogP) is 5.70. The molecule has 1 fully saturated rings. The monoisotopic (exact) mass is 434 g/mol. The van der Waals surface area contributed by atoms with Crippen molar-refractivity contribution in [2.24, 2.45) is 0 Å². The fraction of sp³-hybridized carbons (Fsp3) is 0.385. The summed E-state index contributed by atoms with van der Waals surface area (Å²) in [6.07, 6.45) is 3.68. The van der Waals surface area contributed by atoms with Crippen LogP contribution >= 0.6 is 11.3 Å². The molecule has 162 valence electrons. The van der Waals surface area contributed by atoms with E-state index < -0.39 is 6.10 Å². The minimum Gasteiger partial charge on any atom is -0.490 e. The molecule has 2 aromatic carbocycles. The Bertz CT molecular complexity index is 1180. The van der Waals surface area contributed by atoms with Gasteiger partial charge in [0.05, 0.1) is 0 Å². The standard InChI is InChI=1S/C26H30N2O2S/c1-17-16-31-26-7-6-19(13-23(17)26)20-9-11-28(18(2)12-20)14-21(29)15-30-25-5-3-4-24-22(25)8-10-27-24/h3-8,10,13,16,18,20-21,27,29H,9,11-12,14-15H2,1-2H3/t18-,20+,21-/m0/s1. The first-order valence-corrected chi connectivity index (χ1v) is 12.0. The van der Waals surface area contributed by atoms with Gasteiger partial charge in [-0.2, -0.15) is 0 Å². The minimum absolute atomic E-state index is 0.311. The summed E-state index contributed by atoms with van der Waals surface area (Å²) in [5.74, 6) is 1.42. The van der Waals surface area contributed by atoms with Crippen molar-refractivity contribution in [3.63, 3.8) is 0 Å². The van der Waals surface area contributed by atoms with Gasteiger partial charge in [-0.1, -0.05) is 12.1 Å². The fourth-order valence-corrected chi connectivity index (χ4v) is 5.84. The van der Waals surface area contributed by atoms with Crippen molar-refractivity contribution in [3.8, 4) is 5.75 Å². The highest BCUT2D eigenvalue weighted by Gasteiger charge is 2.28. The number of H-pyrrole nitrogens is 1. The molecule has 3 atom stereocenters. The lowest BCUT2D eigenvalue weighted by atomic mass is 9.85. The number of piperidine rings is 1. The number of aromatic amines is 1. The Morgan fingerprint density at radius 2 is 2.13 bits per heavy atom. The molecule has 1 aliphatic rings. The maximum Gasteiger partial charge on any atom is 0.128 e. The van der Waals surface area contributed by atoms with Crippen molar-refractivity contribution < 1.29 is 9.84 Å². The quantitative estimate of drug-likeness (QED) is 0.409. The lowest BCUT2D eigenvalue weighted by molar-refractivity contribution is 0.0406. The summed E-state index contributed by atoms with van der Waals surface area (Å²) in [6.45, 7) is 6.46. The second-order valence-electron chi connectivity index (χ2n) is 8.90. The zero-order valence-corrected chi connectivity index (χ0v) is 19.0. The molecule has 4 aromatic rings. The number of fused-ring (bicyclic) bond motifs is 2. The molecule has 5 heteroatoms. The fourth-order valence-electron chi connectivity index (χ4n) is 4.91. The molecule has 2 N–H and O–H groups in total. The molecular formula is C26H30N2O2S. The van der Waals surface area contributed by atoms with E-state index in [0.717, 1.165) is 36.0 Å². The van der Waals surface area contributed by atoms with E-state index in [9.17, 15) is 5.11 Å². The first kappa shape index (κ1) is 20.6. The van der Waals surface area contributed by atoms with Gasteiger partial charge >= 0.3 is 0 Å². The third-order valence-electron chi connectivity index (χ3n) is 6.71. The third-order valence-corrected chi connectivity index (χ3v) is 7.79. The van der Waals surface area contributed by atoms with E-state index in [1.807, 2.05) is 41.8 Å². The molecule has 3 heterocycles. The Morgan fingerprint density at radius 1 is 1.23 bits per heavy atom. The number of nitrogens with one attached hydrogen (secondary N) is 1. The highest BCUT2D eigenvalue weighted by atomic mass is 32.1. The molecule has 0 aliphatic carbocycles. The van der Waals surface area contributed by atoms with Gasteiger partial charge in [-0.3, -0.25) is 4.90 Å². The molecule has 4 nitrogen and oxygen atoms in total. The van der Waals surface area contributed by atoms with Gasteiger partial charge in [0.15, 0.2) is 0 Å². The van der Waals surface area contributed by atoms with Crippen LogP contribution in [-0.2, 0) is 0 Å². The topological polar surface area (TPSA) is 48.5 Å². The lowest BCUT2D eigenvalue weighted by Gasteiger charge is -2.38. The van der Waals surface area contributed by atoms with Crippen LogP contribution in [0.5, 0.6) is 5.75 Å². The van der Waals surface area contributed by atoms with Gasteiger partial charge < -0.3 is 14.8 Å². The molecule has 31 heavy (non-hydrogen) atoms. The van der Waals surface area contributed by atoms with Gasteiger partial charge in [0, 0.05) is 34.4 Å². The van der Waals surface area contributed by atoms with Crippen molar-refractivity contribution >= 4 is 32.3 Å². The summed E-state index contributed by atoms with van der Waals surface area (Å²) < 4.78 is 7.34. The van der Waals surface area contributed by atoms with Crippen LogP contribution in [0.3, 0.4) is 0 Å². The summed E-state index contributed by atoms with van der Waals surface area (Å²) in [5.41, 5.74) is 3.90. The number of ether oxygens (including phenoxy) is 1. The number of hydrogen-bond donors (Lipinski definition) is 2. The van der Waals surface area contributed by atoms with E-state index in [1.54, 1.807) is 0 Å². The van der Waals surface area contributed by atoms with Crippen molar-refractivity contribution in [2.45, 2.75) is 44.8 Å². The summed E-state index contributed by atoms with van der Waals surface area (Å²) in [6, 6.07) is 15.4. The van der Waals surface area contributed by atoms with Gasteiger partial charge in [0.1, 0.15) is 18.5 Å². The number of aromatic nitrogens is 1. The summed E-state index contributed by atoms with van der Waals surface area (Å²) in [5, 5.41) is 15.4. The van der Waals surface area contributed by atoms with Crippen molar-refractivity contribution in [3.05, 3.63) is 65.2 Å². The van der Waals surface area contributed by atoms with Crippen LogP contribution in [0.4, 0.5) is 0 Å². The molecule has 0 unspecified atom stereocenters. The van der Waals surface area contributed by atoms with Crippen LogP contribution in [0.25, 0.3) is 21.0 Å². The average Bonchev–Trinajstić information content (AvgIpc) is 3.40. The number of aliphatic hydroxyl groups is 1. The first-order valence-electron chi connectivity index (χ1n) is 11.2. The van der Waals surface area contributed by atoms with Crippen LogP contribution in [0, 0.1) is 6.92 Å². The largest absolute Gasteiger partial charge is 0.490 e. The number of aryl methyl sites for hydroxylation is 1. The maximum absolute atomic E-state index is 10.6. The van der Waals surface area contributed by atoms with Gasteiger partial charge in [0.2, 0.25) is 0 Å². The zero-order chi connectivity index (χ0) is 21.4. The van der Waals surface area contributed by atoms with Gasteiger partial charge in [0.25, 0.3) is 0 Å². The summed E-state index contributed by atoms with van der Waals surface area (Å²) in [7, 11) is 0.